The molecule has 0 spiro atoms. The fraction of sp³-hybridized carbons (Fsp3) is 0.447. The smallest absolute Gasteiger partial charge is 0.340 e. The summed E-state index contributed by atoms with van der Waals surface area (Å²) in [7, 11) is 0. The Labute approximate surface area is 259 Å². The van der Waals surface area contributed by atoms with Gasteiger partial charge in [-0.15, -0.1) is 0 Å². The number of hydrogen-bond donors (Lipinski definition) is 0. The van der Waals surface area contributed by atoms with E-state index in [9.17, 15) is 14.4 Å². The van der Waals surface area contributed by atoms with Crippen LogP contribution in [0, 0.1) is 28.6 Å². The highest BCUT2D eigenvalue weighted by atomic mass is 16.5. The molecule has 2 heterocycles. The van der Waals surface area contributed by atoms with Gasteiger partial charge in [-0.3, -0.25) is 4.79 Å². The van der Waals surface area contributed by atoms with Crippen LogP contribution in [-0.4, -0.2) is 34.8 Å². The lowest BCUT2D eigenvalue weighted by molar-refractivity contribution is -0.0348. The third-order valence-corrected chi connectivity index (χ3v) is 11.6. The van der Waals surface area contributed by atoms with E-state index in [2.05, 4.69) is 26.0 Å². The van der Waals surface area contributed by atoms with Crippen LogP contribution in [0.1, 0.15) is 96.9 Å². The van der Waals surface area contributed by atoms with Crippen molar-refractivity contribution in [1.29, 1.82) is 0 Å². The zero-order chi connectivity index (χ0) is 30.6. The molecule has 6 heteroatoms. The summed E-state index contributed by atoms with van der Waals surface area (Å²) in [6.45, 7) is 6.81. The Hall–Kier alpha value is -3.93. The van der Waals surface area contributed by atoms with Crippen molar-refractivity contribution in [2.45, 2.75) is 71.8 Å². The second-order valence-electron chi connectivity index (χ2n) is 13.7. The molecule has 3 unspecified atom stereocenters. The Morgan fingerprint density at radius 2 is 1.66 bits per heavy atom. The first-order chi connectivity index (χ1) is 21.2. The van der Waals surface area contributed by atoms with E-state index in [0.717, 1.165) is 50.5 Å². The number of aromatic nitrogens is 1. The van der Waals surface area contributed by atoms with E-state index >= 15 is 0 Å². The number of rotatable bonds is 6. The van der Waals surface area contributed by atoms with Crippen LogP contribution < -0.4 is 0 Å². The molecule has 0 saturated heterocycles. The maximum Gasteiger partial charge on any atom is 0.340 e. The Bertz CT molecular complexity index is 1700. The number of fused-ring (bicyclic) bond motifs is 6. The standard InChI is InChI=1S/C38H41NO5/c1-4-43-36(42)28-23-33(39-21-9-8-12-32(28)39)34(40)31-16-15-29-27-14-13-25-22-26(44-35(41)24-10-6-5-7-11-24)17-19-37(25,2)30(27)18-20-38(29,31)3/h5-13,16,21,23,26-27,29-30H,4,14-15,17-20,22H2,1-3H3/t26-,27?,29?,30?,37-,38-/m0/s1. The number of ether oxygens (including phenoxy) is 2. The third-order valence-electron chi connectivity index (χ3n) is 11.6. The van der Waals surface area contributed by atoms with Crippen molar-refractivity contribution in [3.63, 3.8) is 0 Å². The van der Waals surface area contributed by atoms with Crippen molar-refractivity contribution in [3.8, 4) is 0 Å². The van der Waals surface area contributed by atoms with Crippen LogP contribution in [0.2, 0.25) is 0 Å². The predicted octanol–water partition coefficient (Wildman–Crippen LogP) is 8.02. The summed E-state index contributed by atoms with van der Waals surface area (Å²) in [5.74, 6) is 0.845. The molecule has 1 aromatic carbocycles. The van der Waals surface area contributed by atoms with E-state index in [4.69, 9.17) is 9.47 Å². The third kappa shape index (κ3) is 4.48. The molecule has 2 aromatic heterocycles. The Kier molecular flexibility index (Phi) is 7.14. The predicted molar refractivity (Wildman–Crippen MR) is 168 cm³/mol. The van der Waals surface area contributed by atoms with Crippen molar-refractivity contribution in [1.82, 2.24) is 4.40 Å². The minimum atomic E-state index is -0.400. The molecule has 6 atom stereocenters. The summed E-state index contributed by atoms with van der Waals surface area (Å²) >= 11 is 0. The number of carbonyl (C=O) groups excluding carboxylic acids is 3. The summed E-state index contributed by atoms with van der Waals surface area (Å²) < 4.78 is 13.1. The number of pyridine rings is 1. The Balaban J connectivity index is 1.11. The van der Waals surface area contributed by atoms with Crippen LogP contribution in [0.25, 0.3) is 5.52 Å². The number of esters is 2. The van der Waals surface area contributed by atoms with Gasteiger partial charge in [0.2, 0.25) is 5.78 Å². The molecule has 2 fully saturated rings. The van der Waals surface area contributed by atoms with Crippen LogP contribution in [-0.2, 0) is 9.47 Å². The molecular formula is C38H41NO5. The normalized spacial score (nSPS) is 30.8. The molecular weight excluding hydrogens is 550 g/mol. The second-order valence-corrected chi connectivity index (χ2v) is 13.7. The zero-order valence-corrected chi connectivity index (χ0v) is 25.9. The summed E-state index contributed by atoms with van der Waals surface area (Å²) in [5.41, 5.74) is 4.51. The van der Waals surface area contributed by atoms with E-state index in [1.165, 1.54) is 5.57 Å². The minimum Gasteiger partial charge on any atom is -0.462 e. The lowest BCUT2D eigenvalue weighted by atomic mass is 9.47. The highest BCUT2D eigenvalue weighted by molar-refractivity contribution is 6.12. The van der Waals surface area contributed by atoms with Gasteiger partial charge >= 0.3 is 11.9 Å². The van der Waals surface area contributed by atoms with Gasteiger partial charge < -0.3 is 13.9 Å². The Morgan fingerprint density at radius 3 is 2.45 bits per heavy atom. The van der Waals surface area contributed by atoms with Gasteiger partial charge in [-0.25, -0.2) is 9.59 Å². The molecule has 0 radical (unpaired) electrons. The van der Waals surface area contributed by atoms with Gasteiger partial charge in [0.1, 0.15) is 6.10 Å². The highest BCUT2D eigenvalue weighted by Crippen LogP contribution is 2.65. The minimum absolute atomic E-state index is 0.0178. The van der Waals surface area contributed by atoms with E-state index in [0.29, 0.717) is 40.1 Å². The van der Waals surface area contributed by atoms with Gasteiger partial charge in [0, 0.05) is 18.2 Å². The average Bonchev–Trinajstić information content (AvgIpc) is 3.60. The van der Waals surface area contributed by atoms with Crippen LogP contribution in [0.5, 0.6) is 0 Å². The molecule has 44 heavy (non-hydrogen) atoms. The maximum absolute atomic E-state index is 14.3. The van der Waals surface area contributed by atoms with Crippen molar-refractivity contribution < 1.29 is 23.9 Å². The summed E-state index contributed by atoms with van der Waals surface area (Å²) in [6, 6.07) is 16.6. The molecule has 2 saturated carbocycles. The lowest BCUT2D eigenvalue weighted by Gasteiger charge is -2.57. The molecule has 0 bridgehead atoms. The molecule has 0 aliphatic heterocycles. The van der Waals surface area contributed by atoms with Gasteiger partial charge in [-0.05, 0) is 104 Å². The van der Waals surface area contributed by atoms with Gasteiger partial charge in [0.15, 0.2) is 0 Å². The number of Topliss-reactive ketones (excluding diaryl/α,β-unsaturated/α-hetero) is 1. The van der Waals surface area contributed by atoms with Crippen LogP contribution >= 0.6 is 0 Å². The number of nitrogens with zero attached hydrogens (tertiary/aromatic N) is 1. The fourth-order valence-electron chi connectivity index (χ4n) is 9.28. The SMILES string of the molecule is CCOC(=O)c1cc(C(=O)C2=CCC3C4CC=C5C[C@@H](OC(=O)c6ccccc6)CC[C@]5(C)C4CC[C@]23C)n2ccccc12. The quantitative estimate of drug-likeness (QED) is 0.165. The zero-order valence-electron chi connectivity index (χ0n) is 25.9. The molecule has 0 amide bonds. The number of hydrogen-bond acceptors (Lipinski definition) is 5. The van der Waals surface area contributed by atoms with E-state index in [1.807, 2.05) is 59.1 Å². The number of benzene rings is 1. The number of carbonyl (C=O) groups is 3. The van der Waals surface area contributed by atoms with E-state index in [-0.39, 0.29) is 35.3 Å². The molecule has 228 valence electrons. The van der Waals surface area contributed by atoms with Crippen molar-refractivity contribution in [3.05, 3.63) is 101 Å². The van der Waals surface area contributed by atoms with Crippen molar-refractivity contribution >= 4 is 23.2 Å². The molecule has 0 N–H and O–H groups in total. The van der Waals surface area contributed by atoms with E-state index < -0.39 is 5.97 Å². The van der Waals surface area contributed by atoms with Gasteiger partial charge in [0.25, 0.3) is 0 Å². The first-order valence-corrected chi connectivity index (χ1v) is 16.2. The number of allylic oxidation sites excluding steroid dienone is 3. The fourth-order valence-corrected chi connectivity index (χ4v) is 9.28. The van der Waals surface area contributed by atoms with E-state index in [1.54, 1.807) is 13.0 Å². The summed E-state index contributed by atoms with van der Waals surface area (Å²) in [4.78, 5) is 39.8. The first-order valence-electron chi connectivity index (χ1n) is 16.2. The van der Waals surface area contributed by atoms with Gasteiger partial charge in [-0.1, -0.05) is 55.8 Å². The number of ketones is 1. The first kappa shape index (κ1) is 28.8. The highest BCUT2D eigenvalue weighted by Gasteiger charge is 2.58. The van der Waals surface area contributed by atoms with Gasteiger partial charge in [-0.2, -0.15) is 0 Å². The second kappa shape index (κ2) is 10.9. The Morgan fingerprint density at radius 1 is 0.886 bits per heavy atom. The molecule has 3 aromatic rings. The molecule has 6 nitrogen and oxygen atoms in total. The molecule has 4 aliphatic carbocycles. The van der Waals surface area contributed by atoms with Crippen LogP contribution in [0.15, 0.2) is 84.1 Å². The van der Waals surface area contributed by atoms with Crippen LogP contribution in [0.4, 0.5) is 0 Å². The monoisotopic (exact) mass is 591 g/mol. The summed E-state index contributed by atoms with van der Waals surface area (Å²) in [5, 5.41) is 0. The largest absolute Gasteiger partial charge is 0.462 e. The molecule has 7 rings (SSSR count). The van der Waals surface area contributed by atoms with Crippen molar-refractivity contribution in [2.75, 3.05) is 6.61 Å². The topological polar surface area (TPSA) is 74.1 Å². The lowest BCUT2D eigenvalue weighted by Crippen LogP contribution is -2.50. The summed E-state index contributed by atoms with van der Waals surface area (Å²) in [6.07, 6.45) is 13.1. The average molecular weight is 592 g/mol. The van der Waals surface area contributed by atoms with Crippen molar-refractivity contribution in [2.24, 2.45) is 28.6 Å². The molecule has 4 aliphatic rings. The maximum atomic E-state index is 14.3. The van der Waals surface area contributed by atoms with Crippen LogP contribution in [0.3, 0.4) is 0 Å². The van der Waals surface area contributed by atoms with Gasteiger partial charge in [0.05, 0.1) is 28.9 Å².